The molecular formula is C12H16FNO3. The van der Waals surface area contributed by atoms with Crippen LogP contribution in [0.4, 0.5) is 4.39 Å². The number of hydroxylamine groups is 1. The molecule has 0 aliphatic rings. The quantitative estimate of drug-likeness (QED) is 0.794. The number of halogens is 1. The zero-order valence-corrected chi connectivity index (χ0v) is 10.1. The summed E-state index contributed by atoms with van der Waals surface area (Å²) in [6.45, 7) is 5.67. The van der Waals surface area contributed by atoms with Crippen LogP contribution in [0.5, 0.6) is 0 Å². The fraction of sp³-hybridized carbons (Fsp3) is 0.417. The van der Waals surface area contributed by atoms with Crippen molar-refractivity contribution < 1.29 is 19.1 Å². The van der Waals surface area contributed by atoms with E-state index in [1.165, 1.54) is 12.1 Å². The Morgan fingerprint density at radius 1 is 1.47 bits per heavy atom. The fourth-order valence-corrected chi connectivity index (χ4v) is 1.17. The molecule has 0 aliphatic carbocycles. The van der Waals surface area contributed by atoms with Gasteiger partial charge in [-0.1, -0.05) is 0 Å². The maximum atomic E-state index is 13.4. The lowest BCUT2D eigenvalue weighted by atomic mass is 10.1. The number of carboxylic acids is 1. The Bertz CT molecular complexity index is 413. The van der Waals surface area contributed by atoms with E-state index in [1.807, 2.05) is 20.8 Å². The maximum absolute atomic E-state index is 13.4. The molecule has 1 rings (SSSR count). The third-order valence-electron chi connectivity index (χ3n) is 1.93. The average molecular weight is 241 g/mol. The van der Waals surface area contributed by atoms with Crippen LogP contribution in [0.1, 0.15) is 36.7 Å². The van der Waals surface area contributed by atoms with Crippen molar-refractivity contribution >= 4 is 5.97 Å². The highest BCUT2D eigenvalue weighted by molar-refractivity contribution is 5.87. The molecule has 2 N–H and O–H groups in total. The molecule has 0 spiro atoms. The van der Waals surface area contributed by atoms with Gasteiger partial charge in [0.05, 0.1) is 11.2 Å². The second kappa shape index (κ2) is 5.25. The lowest BCUT2D eigenvalue weighted by Crippen LogP contribution is -2.29. The molecule has 0 amide bonds. The molecule has 0 fully saturated rings. The first-order valence-corrected chi connectivity index (χ1v) is 5.22. The minimum absolute atomic E-state index is 0.0546. The molecule has 0 aliphatic heterocycles. The largest absolute Gasteiger partial charge is 0.478 e. The van der Waals surface area contributed by atoms with Gasteiger partial charge in [-0.15, -0.1) is 0 Å². The second-order valence-corrected chi connectivity index (χ2v) is 4.65. The van der Waals surface area contributed by atoms with E-state index in [9.17, 15) is 9.18 Å². The third kappa shape index (κ3) is 4.50. The van der Waals surface area contributed by atoms with Gasteiger partial charge in [0.1, 0.15) is 5.82 Å². The van der Waals surface area contributed by atoms with Crippen molar-refractivity contribution in [1.29, 1.82) is 0 Å². The molecule has 0 unspecified atom stereocenters. The van der Waals surface area contributed by atoms with Crippen molar-refractivity contribution in [2.75, 3.05) is 0 Å². The summed E-state index contributed by atoms with van der Waals surface area (Å²) in [6.07, 6.45) is 0. The number of carbonyl (C=O) groups is 1. The molecule has 94 valence electrons. The smallest absolute Gasteiger partial charge is 0.335 e. The van der Waals surface area contributed by atoms with E-state index in [0.29, 0.717) is 0 Å². The van der Waals surface area contributed by atoms with Crippen LogP contribution in [0.15, 0.2) is 18.2 Å². The summed E-state index contributed by atoms with van der Waals surface area (Å²) in [4.78, 5) is 15.9. The lowest BCUT2D eigenvalue weighted by Gasteiger charge is -2.19. The molecule has 0 aromatic heterocycles. The van der Waals surface area contributed by atoms with E-state index in [4.69, 9.17) is 9.94 Å². The monoisotopic (exact) mass is 241 g/mol. The van der Waals surface area contributed by atoms with Crippen molar-refractivity contribution in [3.05, 3.63) is 35.1 Å². The first-order chi connectivity index (χ1) is 7.79. The van der Waals surface area contributed by atoms with Crippen LogP contribution >= 0.6 is 0 Å². The molecule has 0 atom stereocenters. The highest BCUT2D eigenvalue weighted by Crippen LogP contribution is 2.11. The molecule has 0 heterocycles. The lowest BCUT2D eigenvalue weighted by molar-refractivity contribution is -0.0760. The van der Waals surface area contributed by atoms with E-state index < -0.39 is 11.8 Å². The topological polar surface area (TPSA) is 58.6 Å². The van der Waals surface area contributed by atoms with Crippen LogP contribution in [0.3, 0.4) is 0 Å². The van der Waals surface area contributed by atoms with Crippen LogP contribution in [0.25, 0.3) is 0 Å². The Balaban J connectivity index is 2.70. The van der Waals surface area contributed by atoms with Crippen LogP contribution < -0.4 is 5.48 Å². The minimum Gasteiger partial charge on any atom is -0.478 e. The number of rotatable bonds is 4. The molecule has 0 saturated heterocycles. The SMILES string of the molecule is CC(C)(C)ONCc1cc(C(=O)O)ccc1F. The summed E-state index contributed by atoms with van der Waals surface area (Å²) >= 11 is 0. The van der Waals surface area contributed by atoms with Crippen molar-refractivity contribution in [3.63, 3.8) is 0 Å². The Morgan fingerprint density at radius 2 is 2.12 bits per heavy atom. The summed E-state index contributed by atoms with van der Waals surface area (Å²) in [5, 5.41) is 8.78. The number of hydrogen-bond acceptors (Lipinski definition) is 3. The Morgan fingerprint density at radius 3 is 2.65 bits per heavy atom. The average Bonchev–Trinajstić information content (AvgIpc) is 2.18. The third-order valence-corrected chi connectivity index (χ3v) is 1.93. The number of aromatic carboxylic acids is 1. The van der Waals surface area contributed by atoms with Crippen molar-refractivity contribution in [3.8, 4) is 0 Å². The molecule has 5 heteroatoms. The highest BCUT2D eigenvalue weighted by Gasteiger charge is 2.12. The first kappa shape index (κ1) is 13.6. The fourth-order valence-electron chi connectivity index (χ4n) is 1.17. The molecule has 17 heavy (non-hydrogen) atoms. The summed E-state index contributed by atoms with van der Waals surface area (Å²) < 4.78 is 13.4. The molecule has 4 nitrogen and oxygen atoms in total. The van der Waals surface area contributed by atoms with Gasteiger partial charge in [-0.05, 0) is 39.0 Å². The Kier molecular flexibility index (Phi) is 4.20. The second-order valence-electron chi connectivity index (χ2n) is 4.65. The number of carboxylic acid groups (broad SMARTS) is 1. The van der Waals surface area contributed by atoms with Crippen molar-refractivity contribution in [2.45, 2.75) is 32.9 Å². The summed E-state index contributed by atoms with van der Waals surface area (Å²) in [6, 6.07) is 3.65. The molecule has 0 saturated carbocycles. The van der Waals surface area contributed by atoms with Crippen LogP contribution in [-0.2, 0) is 11.4 Å². The first-order valence-electron chi connectivity index (χ1n) is 5.22. The van der Waals surface area contributed by atoms with E-state index >= 15 is 0 Å². The molecule has 0 radical (unpaired) electrons. The van der Waals surface area contributed by atoms with Gasteiger partial charge in [0.15, 0.2) is 0 Å². The zero-order valence-electron chi connectivity index (χ0n) is 10.1. The van der Waals surface area contributed by atoms with Gasteiger partial charge >= 0.3 is 5.97 Å². The standard InChI is InChI=1S/C12H16FNO3/c1-12(2,3)17-14-7-9-6-8(11(15)16)4-5-10(9)13/h4-6,14H,7H2,1-3H3,(H,15,16). The molecular weight excluding hydrogens is 225 g/mol. The van der Waals surface area contributed by atoms with Gasteiger partial charge in [0.2, 0.25) is 0 Å². The molecule has 1 aromatic carbocycles. The van der Waals surface area contributed by atoms with Crippen molar-refractivity contribution in [1.82, 2.24) is 5.48 Å². The predicted octanol–water partition coefficient (Wildman–Crippen LogP) is 2.34. The van der Waals surface area contributed by atoms with Gasteiger partial charge in [0.25, 0.3) is 0 Å². The number of nitrogens with one attached hydrogen (secondary N) is 1. The number of benzene rings is 1. The molecule has 0 bridgehead atoms. The van der Waals surface area contributed by atoms with Crippen LogP contribution in [0.2, 0.25) is 0 Å². The Labute approximate surface area is 99.4 Å². The Hall–Kier alpha value is -1.46. The van der Waals surface area contributed by atoms with Gasteiger partial charge in [0, 0.05) is 12.1 Å². The van der Waals surface area contributed by atoms with E-state index in [-0.39, 0.29) is 23.3 Å². The number of hydrogen-bond donors (Lipinski definition) is 2. The maximum Gasteiger partial charge on any atom is 0.335 e. The van der Waals surface area contributed by atoms with E-state index in [0.717, 1.165) is 6.07 Å². The predicted molar refractivity (Wildman–Crippen MR) is 61.0 cm³/mol. The summed E-state index contributed by atoms with van der Waals surface area (Å²) in [5.41, 5.74) is 2.54. The minimum atomic E-state index is -1.08. The van der Waals surface area contributed by atoms with Crippen LogP contribution in [0, 0.1) is 5.82 Å². The highest BCUT2D eigenvalue weighted by atomic mass is 19.1. The van der Waals surface area contributed by atoms with Gasteiger partial charge < -0.3 is 5.11 Å². The zero-order chi connectivity index (χ0) is 13.1. The van der Waals surface area contributed by atoms with Crippen LogP contribution in [-0.4, -0.2) is 16.7 Å². The normalized spacial score (nSPS) is 11.5. The van der Waals surface area contributed by atoms with Gasteiger partial charge in [-0.2, -0.15) is 5.48 Å². The summed E-state index contributed by atoms with van der Waals surface area (Å²) in [5.74, 6) is -1.54. The summed E-state index contributed by atoms with van der Waals surface area (Å²) in [7, 11) is 0. The van der Waals surface area contributed by atoms with E-state index in [1.54, 1.807) is 0 Å². The van der Waals surface area contributed by atoms with Crippen molar-refractivity contribution in [2.24, 2.45) is 0 Å². The molecule has 1 aromatic rings. The van der Waals surface area contributed by atoms with E-state index in [2.05, 4.69) is 5.48 Å². The van der Waals surface area contributed by atoms with Gasteiger partial charge in [-0.3, -0.25) is 4.84 Å². The van der Waals surface area contributed by atoms with Gasteiger partial charge in [-0.25, -0.2) is 9.18 Å².